The zero-order chi connectivity index (χ0) is 18.4. The van der Waals surface area contributed by atoms with Crippen molar-refractivity contribution in [3.05, 3.63) is 47.9 Å². The number of benzene rings is 1. The summed E-state index contributed by atoms with van der Waals surface area (Å²) in [5.41, 5.74) is 5.92. The number of nitrogens with zero attached hydrogens (tertiary/aromatic N) is 1. The zero-order valence-electron chi connectivity index (χ0n) is 14.7. The van der Waals surface area contributed by atoms with E-state index in [2.05, 4.69) is 0 Å². The molecule has 2 N–H and O–H groups in total. The Morgan fingerprint density at radius 1 is 1.31 bits per heavy atom. The van der Waals surface area contributed by atoms with E-state index in [4.69, 9.17) is 14.9 Å². The molecule has 0 saturated heterocycles. The monoisotopic (exact) mass is 402 g/mol. The summed E-state index contributed by atoms with van der Waals surface area (Å²) < 4.78 is 33.8. The Morgan fingerprint density at radius 3 is 2.65 bits per heavy atom. The summed E-state index contributed by atoms with van der Waals surface area (Å²) in [4.78, 5) is 14.0. The molecule has 2 aromatic rings. The van der Waals surface area contributed by atoms with Crippen molar-refractivity contribution in [3.63, 3.8) is 0 Å². The summed E-state index contributed by atoms with van der Waals surface area (Å²) in [7, 11) is -1.57. The number of hydrogen-bond acceptors (Lipinski definition) is 6. The molecule has 1 aromatic carbocycles. The van der Waals surface area contributed by atoms with Crippen LogP contribution in [0.2, 0.25) is 0 Å². The summed E-state index contributed by atoms with van der Waals surface area (Å²) in [6.07, 6.45) is 3.15. The van der Waals surface area contributed by atoms with E-state index in [0.717, 1.165) is 6.26 Å². The van der Waals surface area contributed by atoms with Gasteiger partial charge in [-0.15, -0.1) is 12.4 Å². The summed E-state index contributed by atoms with van der Waals surface area (Å²) in [6.45, 7) is 1.11. The molecule has 1 heterocycles. The van der Waals surface area contributed by atoms with Crippen LogP contribution in [-0.4, -0.2) is 45.7 Å². The highest BCUT2D eigenvalue weighted by atomic mass is 35.5. The molecular formula is C17H23ClN2O5S. The highest BCUT2D eigenvalue weighted by Gasteiger charge is 2.14. The van der Waals surface area contributed by atoms with Crippen LogP contribution in [0.15, 0.2) is 45.9 Å². The van der Waals surface area contributed by atoms with Gasteiger partial charge in [-0.3, -0.25) is 4.79 Å². The van der Waals surface area contributed by atoms with Gasteiger partial charge in [0.25, 0.3) is 5.91 Å². The normalized spacial score (nSPS) is 10.9. The van der Waals surface area contributed by atoms with Gasteiger partial charge in [0.05, 0.1) is 23.6 Å². The van der Waals surface area contributed by atoms with Gasteiger partial charge in [0.1, 0.15) is 17.8 Å². The van der Waals surface area contributed by atoms with Gasteiger partial charge in [0, 0.05) is 19.8 Å². The standard InChI is InChI=1S/C17H22N2O5S.ClH/c1-19(17(20)13-9-15(11-18)24-12-13)7-4-8-23-14-5-3-6-16(10-14)25(2,21)22;/h3,5-6,9-10,12H,4,7-8,11,18H2,1-2H3;1H. The smallest absolute Gasteiger partial charge is 0.256 e. The van der Waals surface area contributed by atoms with E-state index >= 15 is 0 Å². The lowest BCUT2D eigenvalue weighted by Gasteiger charge is -2.16. The van der Waals surface area contributed by atoms with Gasteiger partial charge in [0.2, 0.25) is 0 Å². The molecule has 0 fully saturated rings. The zero-order valence-corrected chi connectivity index (χ0v) is 16.3. The number of carbonyl (C=O) groups is 1. The Balaban J connectivity index is 0.00000338. The number of sulfone groups is 1. The van der Waals surface area contributed by atoms with Gasteiger partial charge in [-0.25, -0.2) is 8.42 Å². The van der Waals surface area contributed by atoms with E-state index in [9.17, 15) is 13.2 Å². The number of nitrogens with two attached hydrogens (primary N) is 1. The van der Waals surface area contributed by atoms with Gasteiger partial charge in [-0.1, -0.05) is 6.07 Å². The van der Waals surface area contributed by atoms with Gasteiger partial charge >= 0.3 is 0 Å². The van der Waals surface area contributed by atoms with Crippen LogP contribution in [0.25, 0.3) is 0 Å². The van der Waals surface area contributed by atoms with E-state index in [1.54, 1.807) is 30.1 Å². The topological polar surface area (TPSA) is 103 Å². The first-order valence-electron chi connectivity index (χ1n) is 7.77. The second-order valence-corrected chi connectivity index (χ2v) is 7.70. The fourth-order valence-electron chi connectivity index (χ4n) is 2.21. The Labute approximate surface area is 159 Å². The van der Waals surface area contributed by atoms with Crippen molar-refractivity contribution in [3.8, 4) is 5.75 Å². The molecule has 1 aromatic heterocycles. The average molecular weight is 403 g/mol. The predicted octanol–water partition coefficient (Wildman–Crippen LogP) is 2.10. The van der Waals surface area contributed by atoms with Gasteiger partial charge < -0.3 is 19.8 Å². The van der Waals surface area contributed by atoms with E-state index in [1.807, 2.05) is 0 Å². The Kier molecular flexibility index (Phi) is 8.13. The molecule has 0 spiro atoms. The molecule has 1 amide bonds. The average Bonchev–Trinajstić information content (AvgIpc) is 3.06. The van der Waals surface area contributed by atoms with Crippen molar-refractivity contribution in [2.75, 3.05) is 26.5 Å². The van der Waals surface area contributed by atoms with Crippen molar-refractivity contribution >= 4 is 28.2 Å². The molecule has 0 aliphatic rings. The van der Waals surface area contributed by atoms with Crippen molar-refractivity contribution in [1.29, 1.82) is 0 Å². The lowest BCUT2D eigenvalue weighted by molar-refractivity contribution is 0.0787. The molecule has 26 heavy (non-hydrogen) atoms. The summed E-state index contributed by atoms with van der Waals surface area (Å²) in [6, 6.07) is 7.98. The van der Waals surface area contributed by atoms with Gasteiger partial charge in [0.15, 0.2) is 9.84 Å². The van der Waals surface area contributed by atoms with Crippen LogP contribution in [0.1, 0.15) is 22.5 Å². The van der Waals surface area contributed by atoms with E-state index < -0.39 is 9.84 Å². The quantitative estimate of drug-likeness (QED) is 0.678. The third-order valence-corrected chi connectivity index (χ3v) is 4.70. The van der Waals surface area contributed by atoms with E-state index in [1.165, 1.54) is 18.4 Å². The van der Waals surface area contributed by atoms with Gasteiger partial charge in [-0.05, 0) is 30.7 Å². The number of rotatable bonds is 8. The number of furan rings is 1. The molecule has 144 valence electrons. The van der Waals surface area contributed by atoms with Crippen LogP contribution in [0.5, 0.6) is 5.75 Å². The number of ether oxygens (including phenoxy) is 1. The minimum Gasteiger partial charge on any atom is -0.493 e. The molecule has 0 radical (unpaired) electrons. The summed E-state index contributed by atoms with van der Waals surface area (Å²) in [5, 5.41) is 0. The van der Waals surface area contributed by atoms with Crippen LogP contribution in [0.4, 0.5) is 0 Å². The summed E-state index contributed by atoms with van der Waals surface area (Å²) in [5.74, 6) is 0.896. The first-order chi connectivity index (χ1) is 11.8. The van der Waals surface area contributed by atoms with Crippen LogP contribution in [0, 0.1) is 0 Å². The molecule has 0 saturated carbocycles. The number of halogens is 1. The fourth-order valence-corrected chi connectivity index (χ4v) is 2.86. The molecule has 0 aliphatic heterocycles. The third-order valence-electron chi connectivity index (χ3n) is 3.59. The van der Waals surface area contributed by atoms with Crippen molar-refractivity contribution in [2.24, 2.45) is 5.73 Å². The van der Waals surface area contributed by atoms with E-state index in [-0.39, 0.29) is 29.8 Å². The van der Waals surface area contributed by atoms with Gasteiger partial charge in [-0.2, -0.15) is 0 Å². The molecule has 2 rings (SSSR count). The van der Waals surface area contributed by atoms with Crippen molar-refractivity contribution in [1.82, 2.24) is 4.90 Å². The SMILES string of the molecule is CN(CCCOc1cccc(S(C)(=O)=O)c1)C(=O)c1coc(CN)c1.Cl. The minimum atomic E-state index is -3.26. The van der Waals surface area contributed by atoms with Crippen LogP contribution in [-0.2, 0) is 16.4 Å². The van der Waals surface area contributed by atoms with E-state index in [0.29, 0.717) is 36.6 Å². The van der Waals surface area contributed by atoms with Crippen molar-refractivity contribution in [2.45, 2.75) is 17.9 Å². The van der Waals surface area contributed by atoms with Crippen LogP contribution in [0.3, 0.4) is 0 Å². The Morgan fingerprint density at radius 2 is 2.04 bits per heavy atom. The third kappa shape index (κ3) is 6.05. The summed E-state index contributed by atoms with van der Waals surface area (Å²) >= 11 is 0. The highest BCUT2D eigenvalue weighted by molar-refractivity contribution is 7.90. The van der Waals surface area contributed by atoms with Crippen molar-refractivity contribution < 1.29 is 22.4 Å². The maximum atomic E-state index is 12.2. The Bertz CT molecular complexity index is 835. The fraction of sp³-hybridized carbons (Fsp3) is 0.353. The first kappa shape index (κ1) is 22.0. The highest BCUT2D eigenvalue weighted by Crippen LogP contribution is 2.17. The Hall–Kier alpha value is -2.03. The van der Waals surface area contributed by atoms with Crippen LogP contribution >= 0.6 is 12.4 Å². The van der Waals surface area contributed by atoms with Crippen LogP contribution < -0.4 is 10.5 Å². The molecule has 9 heteroatoms. The maximum absolute atomic E-state index is 12.2. The number of hydrogen-bond donors (Lipinski definition) is 1. The molecule has 7 nitrogen and oxygen atoms in total. The minimum absolute atomic E-state index is 0. The molecule has 0 atom stereocenters. The predicted molar refractivity (Wildman–Crippen MR) is 100 cm³/mol. The molecular weight excluding hydrogens is 380 g/mol. The lowest BCUT2D eigenvalue weighted by atomic mass is 10.2. The number of amides is 1. The molecule has 0 bridgehead atoms. The maximum Gasteiger partial charge on any atom is 0.256 e. The first-order valence-corrected chi connectivity index (χ1v) is 9.66. The second-order valence-electron chi connectivity index (χ2n) is 5.68. The molecule has 0 aliphatic carbocycles. The number of carbonyl (C=O) groups excluding carboxylic acids is 1. The molecule has 0 unspecified atom stereocenters. The largest absolute Gasteiger partial charge is 0.493 e. The second kappa shape index (κ2) is 9.61. The lowest BCUT2D eigenvalue weighted by Crippen LogP contribution is -2.28.